The van der Waals surface area contributed by atoms with Crippen molar-refractivity contribution in [2.75, 3.05) is 26.3 Å². The maximum atomic E-state index is 9.95. The molecule has 1 aliphatic carbocycles. The van der Waals surface area contributed by atoms with Crippen molar-refractivity contribution in [1.82, 2.24) is 10.6 Å². The lowest BCUT2D eigenvalue weighted by atomic mass is 10.3. The molecule has 3 N–H and O–H groups in total. The van der Waals surface area contributed by atoms with Crippen LogP contribution in [0.2, 0.25) is 0 Å². The first-order valence-corrected chi connectivity index (χ1v) is 9.38. The number of aryl methyl sites for hydroxylation is 1. The summed E-state index contributed by atoms with van der Waals surface area (Å²) in [5.41, 5.74) is 0. The second kappa shape index (κ2) is 9.90. The SMILES string of the molecule is CCNC(=NCc1ccc(CC)s1)NCC(O)COCC1CC1. The minimum absolute atomic E-state index is 0.383. The number of rotatable bonds is 10. The number of guanidine groups is 1. The van der Waals surface area contributed by atoms with Gasteiger partial charge in [-0.3, -0.25) is 0 Å². The molecular weight excluding hydrogens is 310 g/mol. The fourth-order valence-electron chi connectivity index (χ4n) is 2.12. The predicted molar refractivity (Wildman–Crippen MR) is 96.1 cm³/mol. The molecule has 23 heavy (non-hydrogen) atoms. The number of aliphatic hydroxyl groups is 1. The van der Waals surface area contributed by atoms with Gasteiger partial charge in [-0.1, -0.05) is 6.92 Å². The molecule has 1 aliphatic rings. The number of hydrogen-bond donors (Lipinski definition) is 3. The van der Waals surface area contributed by atoms with Crippen LogP contribution in [0.5, 0.6) is 0 Å². The van der Waals surface area contributed by atoms with Gasteiger partial charge in [0.1, 0.15) is 0 Å². The third-order valence-electron chi connectivity index (χ3n) is 3.67. The molecule has 0 aliphatic heterocycles. The Morgan fingerprint density at radius 1 is 1.35 bits per heavy atom. The predicted octanol–water partition coefficient (Wildman–Crippen LogP) is 2.15. The van der Waals surface area contributed by atoms with Gasteiger partial charge in [0.15, 0.2) is 5.96 Å². The lowest BCUT2D eigenvalue weighted by Crippen LogP contribution is -2.42. The van der Waals surface area contributed by atoms with Crippen LogP contribution in [0.4, 0.5) is 0 Å². The largest absolute Gasteiger partial charge is 0.389 e. The molecule has 0 bridgehead atoms. The Morgan fingerprint density at radius 3 is 2.78 bits per heavy atom. The van der Waals surface area contributed by atoms with Crippen LogP contribution in [0.3, 0.4) is 0 Å². The van der Waals surface area contributed by atoms with E-state index in [9.17, 15) is 5.11 Å². The molecule has 0 aromatic carbocycles. The van der Waals surface area contributed by atoms with Gasteiger partial charge in [-0.05, 0) is 44.2 Å². The summed E-state index contributed by atoms with van der Waals surface area (Å²) in [4.78, 5) is 7.22. The van der Waals surface area contributed by atoms with Crippen molar-refractivity contribution in [3.8, 4) is 0 Å². The summed E-state index contributed by atoms with van der Waals surface area (Å²) >= 11 is 1.80. The minimum Gasteiger partial charge on any atom is -0.389 e. The van der Waals surface area contributed by atoms with Crippen LogP contribution < -0.4 is 10.6 Å². The monoisotopic (exact) mass is 339 g/mol. The first-order valence-electron chi connectivity index (χ1n) is 8.56. The Balaban J connectivity index is 1.71. The zero-order valence-corrected chi connectivity index (χ0v) is 15.0. The van der Waals surface area contributed by atoms with Crippen LogP contribution >= 0.6 is 11.3 Å². The summed E-state index contributed by atoms with van der Waals surface area (Å²) in [7, 11) is 0. The van der Waals surface area contributed by atoms with Crippen LogP contribution in [0.1, 0.15) is 36.4 Å². The molecule has 1 saturated carbocycles. The molecule has 5 nitrogen and oxygen atoms in total. The van der Waals surface area contributed by atoms with Crippen LogP contribution in [-0.4, -0.2) is 43.5 Å². The number of aliphatic hydroxyl groups excluding tert-OH is 1. The van der Waals surface area contributed by atoms with Crippen molar-refractivity contribution in [2.45, 2.75) is 45.8 Å². The van der Waals surface area contributed by atoms with Gasteiger partial charge in [-0.2, -0.15) is 0 Å². The van der Waals surface area contributed by atoms with E-state index in [2.05, 4.69) is 34.7 Å². The molecule has 1 fully saturated rings. The number of aliphatic imine (C=N–C) groups is 1. The van der Waals surface area contributed by atoms with E-state index in [0.717, 1.165) is 31.4 Å². The second-order valence-corrected chi connectivity index (χ2v) is 7.19. The van der Waals surface area contributed by atoms with Gasteiger partial charge in [0.2, 0.25) is 0 Å². The lowest BCUT2D eigenvalue weighted by molar-refractivity contribution is 0.0345. The van der Waals surface area contributed by atoms with Gasteiger partial charge in [0, 0.05) is 29.5 Å². The fraction of sp³-hybridized carbons (Fsp3) is 0.706. The first-order chi connectivity index (χ1) is 11.2. The third-order valence-corrected chi connectivity index (χ3v) is 4.88. The highest BCUT2D eigenvalue weighted by molar-refractivity contribution is 7.11. The maximum absolute atomic E-state index is 9.95. The van der Waals surface area contributed by atoms with Gasteiger partial charge in [0.05, 0.1) is 19.3 Å². The second-order valence-electron chi connectivity index (χ2n) is 5.93. The molecule has 1 atom stereocenters. The van der Waals surface area contributed by atoms with Crippen LogP contribution in [-0.2, 0) is 17.7 Å². The summed E-state index contributed by atoms with van der Waals surface area (Å²) in [6.07, 6.45) is 3.10. The van der Waals surface area contributed by atoms with Crippen molar-refractivity contribution in [1.29, 1.82) is 0 Å². The van der Waals surface area contributed by atoms with Crippen molar-refractivity contribution in [2.24, 2.45) is 10.9 Å². The molecule has 1 aromatic heterocycles. The summed E-state index contributed by atoms with van der Waals surface area (Å²) < 4.78 is 5.51. The molecule has 0 spiro atoms. The molecule has 0 radical (unpaired) electrons. The number of ether oxygens (including phenoxy) is 1. The van der Waals surface area contributed by atoms with Gasteiger partial charge in [-0.25, -0.2) is 4.99 Å². The smallest absolute Gasteiger partial charge is 0.191 e. The van der Waals surface area contributed by atoms with E-state index in [0.29, 0.717) is 19.7 Å². The average molecular weight is 340 g/mol. The van der Waals surface area contributed by atoms with Gasteiger partial charge in [0.25, 0.3) is 0 Å². The summed E-state index contributed by atoms with van der Waals surface area (Å²) in [6.45, 7) is 7.27. The normalized spacial score (nSPS) is 16.4. The van der Waals surface area contributed by atoms with Gasteiger partial charge in [-0.15, -0.1) is 11.3 Å². The van der Waals surface area contributed by atoms with E-state index < -0.39 is 6.10 Å². The molecule has 1 heterocycles. The van der Waals surface area contributed by atoms with Gasteiger partial charge >= 0.3 is 0 Å². The molecule has 1 aromatic rings. The topological polar surface area (TPSA) is 65.9 Å². The number of nitrogens with zero attached hydrogens (tertiary/aromatic N) is 1. The van der Waals surface area contributed by atoms with E-state index in [1.54, 1.807) is 11.3 Å². The van der Waals surface area contributed by atoms with E-state index >= 15 is 0 Å². The molecule has 2 rings (SSSR count). The molecule has 0 amide bonds. The molecule has 1 unspecified atom stereocenters. The maximum Gasteiger partial charge on any atom is 0.191 e. The Hall–Kier alpha value is -1.11. The van der Waals surface area contributed by atoms with Gasteiger partial charge < -0.3 is 20.5 Å². The Morgan fingerprint density at radius 2 is 2.13 bits per heavy atom. The highest BCUT2D eigenvalue weighted by Gasteiger charge is 2.21. The quantitative estimate of drug-likeness (QED) is 0.451. The van der Waals surface area contributed by atoms with E-state index in [1.165, 1.54) is 22.6 Å². The molecule has 6 heteroatoms. The zero-order valence-electron chi connectivity index (χ0n) is 14.2. The average Bonchev–Trinajstić information content (AvgIpc) is 3.25. The standard InChI is InChI=1S/C17H29N3O2S/c1-3-15-7-8-16(23-15)10-20-17(18-4-2)19-9-14(21)12-22-11-13-5-6-13/h7-8,13-14,21H,3-6,9-12H2,1-2H3,(H2,18,19,20). The summed E-state index contributed by atoms with van der Waals surface area (Å²) in [5, 5.41) is 16.3. The van der Waals surface area contributed by atoms with Crippen LogP contribution in [0.25, 0.3) is 0 Å². The van der Waals surface area contributed by atoms with Crippen LogP contribution in [0.15, 0.2) is 17.1 Å². The summed E-state index contributed by atoms with van der Waals surface area (Å²) in [6, 6.07) is 4.30. The van der Waals surface area contributed by atoms with Crippen molar-refractivity contribution in [3.05, 3.63) is 21.9 Å². The number of hydrogen-bond acceptors (Lipinski definition) is 4. The Labute approximate surface area is 143 Å². The van der Waals surface area contributed by atoms with E-state index in [-0.39, 0.29) is 0 Å². The highest BCUT2D eigenvalue weighted by atomic mass is 32.1. The number of nitrogens with one attached hydrogen (secondary N) is 2. The van der Waals surface area contributed by atoms with Crippen molar-refractivity contribution >= 4 is 17.3 Å². The first kappa shape index (κ1) is 18.2. The molecular formula is C17H29N3O2S. The van der Waals surface area contributed by atoms with Crippen LogP contribution in [0, 0.1) is 5.92 Å². The lowest BCUT2D eigenvalue weighted by Gasteiger charge is -2.15. The highest BCUT2D eigenvalue weighted by Crippen LogP contribution is 2.28. The van der Waals surface area contributed by atoms with Crippen molar-refractivity contribution in [3.63, 3.8) is 0 Å². The fourth-order valence-corrected chi connectivity index (χ4v) is 3.01. The van der Waals surface area contributed by atoms with E-state index in [4.69, 9.17) is 4.74 Å². The number of thiophene rings is 1. The minimum atomic E-state index is -0.508. The Bertz CT molecular complexity index is 486. The Kier molecular flexibility index (Phi) is 7.85. The summed E-state index contributed by atoms with van der Waals surface area (Å²) in [5.74, 6) is 1.47. The molecule has 0 saturated heterocycles. The third kappa shape index (κ3) is 7.33. The molecule has 130 valence electrons. The van der Waals surface area contributed by atoms with Crippen molar-refractivity contribution < 1.29 is 9.84 Å². The zero-order chi connectivity index (χ0) is 16.5. The van der Waals surface area contributed by atoms with E-state index in [1.807, 2.05) is 6.92 Å².